The number of aromatic nitrogens is 2. The molecule has 1 fully saturated rings. The minimum atomic E-state index is -3.97. The van der Waals surface area contributed by atoms with Gasteiger partial charge in [0, 0.05) is 13.1 Å². The third-order valence-corrected chi connectivity index (χ3v) is 7.65. The molecule has 0 radical (unpaired) electrons. The van der Waals surface area contributed by atoms with Crippen molar-refractivity contribution in [1.29, 1.82) is 5.26 Å². The molecule has 0 unspecified atom stereocenters. The van der Waals surface area contributed by atoms with Crippen LogP contribution in [0, 0.1) is 30.1 Å². The molecule has 3 atom stereocenters. The van der Waals surface area contributed by atoms with Gasteiger partial charge in [0.15, 0.2) is 11.1 Å². The fourth-order valence-electron chi connectivity index (χ4n) is 4.39. The number of benzene rings is 2. The molecule has 7 heteroatoms. The minimum Gasteiger partial charge on any atom is -0.354 e. The summed E-state index contributed by atoms with van der Waals surface area (Å²) in [6.07, 6.45) is 1.11. The topological polar surface area (TPSA) is 86.9 Å². The third kappa shape index (κ3) is 4.13. The number of nitrogens with zero attached hydrogens (tertiary/aromatic N) is 4. The molecule has 1 saturated heterocycles. The van der Waals surface area contributed by atoms with E-state index in [9.17, 15) is 13.7 Å². The number of aryl methyl sites for hydroxylation is 1. The number of sulfone groups is 1. The van der Waals surface area contributed by atoms with Crippen LogP contribution >= 0.6 is 0 Å². The lowest BCUT2D eigenvalue weighted by Crippen LogP contribution is -2.40. The smallest absolute Gasteiger partial charge is 0.200 e. The quantitative estimate of drug-likeness (QED) is 0.602. The van der Waals surface area contributed by atoms with Crippen LogP contribution in [0.2, 0.25) is 0 Å². The first kappa shape index (κ1) is 21.3. The maximum atomic E-state index is 13.5. The second kappa shape index (κ2) is 8.27. The highest BCUT2D eigenvalue weighted by atomic mass is 32.2. The van der Waals surface area contributed by atoms with Crippen LogP contribution in [0.5, 0.6) is 0 Å². The highest BCUT2D eigenvalue weighted by Gasteiger charge is 2.36. The van der Waals surface area contributed by atoms with E-state index in [0.29, 0.717) is 28.7 Å². The summed E-state index contributed by atoms with van der Waals surface area (Å²) >= 11 is 0. The van der Waals surface area contributed by atoms with Crippen molar-refractivity contribution in [1.82, 2.24) is 9.97 Å². The fourth-order valence-corrected chi connectivity index (χ4v) is 5.77. The van der Waals surface area contributed by atoms with Crippen molar-refractivity contribution in [2.75, 3.05) is 18.0 Å². The number of hydrogen-bond donors (Lipinski definition) is 0. The Bertz CT molecular complexity index is 1240. The molecular formula is C24H26N4O2S. The largest absolute Gasteiger partial charge is 0.354 e. The van der Waals surface area contributed by atoms with E-state index < -0.39 is 15.1 Å². The zero-order valence-corrected chi connectivity index (χ0v) is 18.8. The Labute approximate surface area is 183 Å². The monoisotopic (exact) mass is 434 g/mol. The van der Waals surface area contributed by atoms with Gasteiger partial charge in [-0.2, -0.15) is 5.26 Å². The number of fused-ring (bicyclic) bond motifs is 1. The van der Waals surface area contributed by atoms with E-state index in [2.05, 4.69) is 23.7 Å². The van der Waals surface area contributed by atoms with Crippen LogP contribution in [-0.4, -0.2) is 31.5 Å². The molecule has 2 aromatic carbocycles. The molecule has 6 nitrogen and oxygen atoms in total. The van der Waals surface area contributed by atoms with Gasteiger partial charge in [0.05, 0.1) is 22.0 Å². The molecule has 0 aliphatic carbocycles. The molecule has 0 bridgehead atoms. The first-order valence-electron chi connectivity index (χ1n) is 10.5. The van der Waals surface area contributed by atoms with Crippen LogP contribution in [-0.2, 0) is 9.84 Å². The van der Waals surface area contributed by atoms with Gasteiger partial charge in [-0.1, -0.05) is 43.7 Å². The van der Waals surface area contributed by atoms with Gasteiger partial charge in [0.1, 0.15) is 5.69 Å². The average Bonchev–Trinajstić information content (AvgIpc) is 2.73. The molecule has 0 N–H and O–H groups in total. The Morgan fingerprint density at radius 1 is 1.00 bits per heavy atom. The number of anilines is 1. The summed E-state index contributed by atoms with van der Waals surface area (Å²) in [7, 11) is -3.97. The maximum Gasteiger partial charge on any atom is 0.200 e. The standard InChI is InChI=1S/C24H26N4O2S/c1-16-8-10-19(11-9-16)31(29,30)22(13-25)23-24(28-14-17(2)12-18(3)15-28)27-21-7-5-4-6-20(21)26-23/h4-11,17-18,22H,12,14-15H2,1-3H3/t17-,18-,22-/m1/s1. The predicted molar refractivity (Wildman–Crippen MR) is 121 cm³/mol. The zero-order chi connectivity index (χ0) is 22.2. The van der Waals surface area contributed by atoms with Crippen LogP contribution in [0.1, 0.15) is 36.8 Å². The van der Waals surface area contributed by atoms with Gasteiger partial charge >= 0.3 is 0 Å². The molecule has 1 aliphatic rings. The van der Waals surface area contributed by atoms with Crippen molar-refractivity contribution < 1.29 is 8.42 Å². The fraction of sp³-hybridized carbons (Fsp3) is 0.375. The lowest BCUT2D eigenvalue weighted by Gasteiger charge is -2.36. The molecule has 0 spiro atoms. The van der Waals surface area contributed by atoms with Gasteiger partial charge in [-0.05, 0) is 49.4 Å². The molecule has 31 heavy (non-hydrogen) atoms. The molecule has 0 amide bonds. The summed E-state index contributed by atoms with van der Waals surface area (Å²) in [6.45, 7) is 7.77. The van der Waals surface area contributed by atoms with Crippen molar-refractivity contribution in [3.05, 3.63) is 59.8 Å². The summed E-state index contributed by atoms with van der Waals surface area (Å²) in [6, 6.07) is 16.0. The van der Waals surface area contributed by atoms with Gasteiger partial charge in [-0.25, -0.2) is 18.4 Å². The van der Waals surface area contributed by atoms with Crippen molar-refractivity contribution in [2.24, 2.45) is 11.8 Å². The van der Waals surface area contributed by atoms with E-state index in [4.69, 9.17) is 4.98 Å². The Kier molecular flexibility index (Phi) is 5.67. The van der Waals surface area contributed by atoms with Crippen molar-refractivity contribution in [2.45, 2.75) is 37.3 Å². The van der Waals surface area contributed by atoms with E-state index in [1.54, 1.807) is 30.3 Å². The molecule has 160 valence electrons. The summed E-state index contributed by atoms with van der Waals surface area (Å²) in [5, 5.41) is 8.58. The molecule has 1 aliphatic heterocycles. The minimum absolute atomic E-state index is 0.117. The number of para-hydroxylation sites is 2. The second-order valence-corrected chi connectivity index (χ2v) is 10.7. The summed E-state index contributed by atoms with van der Waals surface area (Å²) in [5.74, 6) is 1.39. The van der Waals surface area contributed by atoms with Crippen LogP contribution in [0.3, 0.4) is 0 Å². The predicted octanol–water partition coefficient (Wildman–Crippen LogP) is 4.46. The first-order chi connectivity index (χ1) is 14.8. The Morgan fingerprint density at radius 2 is 1.58 bits per heavy atom. The number of nitriles is 1. The highest BCUT2D eigenvalue weighted by molar-refractivity contribution is 7.92. The number of hydrogen-bond acceptors (Lipinski definition) is 6. The van der Waals surface area contributed by atoms with Crippen molar-refractivity contribution in [3.63, 3.8) is 0 Å². The Morgan fingerprint density at radius 3 is 2.16 bits per heavy atom. The lowest BCUT2D eigenvalue weighted by molar-refractivity contribution is 0.355. The first-order valence-corrected chi connectivity index (χ1v) is 12.1. The molecule has 1 aromatic heterocycles. The summed E-state index contributed by atoms with van der Waals surface area (Å²) in [5.41, 5.74) is 2.44. The van der Waals surface area contributed by atoms with Crippen LogP contribution in [0.4, 0.5) is 5.82 Å². The molecule has 3 aromatic rings. The van der Waals surface area contributed by atoms with E-state index in [1.807, 2.05) is 31.2 Å². The van der Waals surface area contributed by atoms with Gasteiger partial charge in [0.25, 0.3) is 0 Å². The van der Waals surface area contributed by atoms with E-state index in [-0.39, 0.29) is 10.6 Å². The SMILES string of the molecule is Cc1ccc(S(=O)(=O)[C@H](C#N)c2nc3ccccc3nc2N2C[C@H](C)C[C@@H](C)C2)cc1. The van der Waals surface area contributed by atoms with Crippen LogP contribution in [0.25, 0.3) is 11.0 Å². The highest BCUT2D eigenvalue weighted by Crippen LogP contribution is 2.36. The van der Waals surface area contributed by atoms with E-state index in [1.165, 1.54) is 0 Å². The van der Waals surface area contributed by atoms with Gasteiger partial charge in [0.2, 0.25) is 9.84 Å². The third-order valence-electron chi connectivity index (χ3n) is 5.77. The zero-order valence-electron chi connectivity index (χ0n) is 18.0. The molecular weight excluding hydrogens is 408 g/mol. The molecule has 2 heterocycles. The van der Waals surface area contributed by atoms with Crippen LogP contribution < -0.4 is 4.90 Å². The summed E-state index contributed by atoms with van der Waals surface area (Å²) in [4.78, 5) is 11.7. The van der Waals surface area contributed by atoms with Gasteiger partial charge in [-0.15, -0.1) is 0 Å². The second-order valence-electron chi connectivity index (χ2n) is 8.64. The number of rotatable bonds is 4. The van der Waals surface area contributed by atoms with Crippen LogP contribution in [0.15, 0.2) is 53.4 Å². The molecule has 4 rings (SSSR count). The molecule has 0 saturated carbocycles. The van der Waals surface area contributed by atoms with E-state index in [0.717, 1.165) is 25.1 Å². The van der Waals surface area contributed by atoms with Crippen molar-refractivity contribution in [3.8, 4) is 6.07 Å². The lowest BCUT2D eigenvalue weighted by atomic mass is 9.92. The number of piperidine rings is 1. The Hall–Kier alpha value is -2.98. The maximum absolute atomic E-state index is 13.5. The van der Waals surface area contributed by atoms with E-state index >= 15 is 0 Å². The normalized spacial score (nSPS) is 20.4. The van der Waals surface area contributed by atoms with Crippen molar-refractivity contribution >= 4 is 26.7 Å². The Balaban J connectivity index is 1.90. The van der Waals surface area contributed by atoms with Gasteiger partial charge < -0.3 is 4.90 Å². The average molecular weight is 435 g/mol. The van der Waals surface area contributed by atoms with Gasteiger partial charge in [-0.3, -0.25) is 0 Å². The summed E-state index contributed by atoms with van der Waals surface area (Å²) < 4.78 is 26.9.